The highest BCUT2D eigenvalue weighted by Gasteiger charge is 2.62. The standard InChI is InChI=1S/C22H36O3/c1-20(24)10-11-22(14-25-3)15(12-20)4-6-17-18-7-5-16(13-23)21(18,2)9-8-19(17)22/h13,15-19,24H,4-12,14H2,1-3H3/t15-,16+,17-,18-,19-,20+,21+,22+/m0/s1. The van der Waals surface area contributed by atoms with Crippen molar-refractivity contribution in [3.63, 3.8) is 0 Å². The van der Waals surface area contributed by atoms with Crippen molar-refractivity contribution in [1.29, 1.82) is 0 Å². The van der Waals surface area contributed by atoms with Crippen LogP contribution in [0.25, 0.3) is 0 Å². The van der Waals surface area contributed by atoms with Crippen molar-refractivity contribution >= 4 is 6.29 Å². The number of hydrogen-bond donors (Lipinski definition) is 1. The largest absolute Gasteiger partial charge is 0.390 e. The highest BCUT2D eigenvalue weighted by atomic mass is 16.5. The number of fused-ring (bicyclic) bond motifs is 5. The van der Waals surface area contributed by atoms with Gasteiger partial charge in [-0.2, -0.15) is 0 Å². The number of aliphatic hydroxyl groups is 1. The molecule has 4 aliphatic carbocycles. The van der Waals surface area contributed by atoms with E-state index in [4.69, 9.17) is 4.74 Å². The van der Waals surface area contributed by atoms with Gasteiger partial charge in [0.25, 0.3) is 0 Å². The van der Waals surface area contributed by atoms with E-state index in [1.807, 2.05) is 14.0 Å². The summed E-state index contributed by atoms with van der Waals surface area (Å²) in [6.45, 7) is 5.29. The van der Waals surface area contributed by atoms with Gasteiger partial charge in [0.05, 0.1) is 12.2 Å². The molecule has 0 radical (unpaired) electrons. The molecule has 25 heavy (non-hydrogen) atoms. The summed E-state index contributed by atoms with van der Waals surface area (Å²) in [7, 11) is 1.85. The molecule has 3 nitrogen and oxygen atoms in total. The molecule has 0 amide bonds. The molecule has 0 aromatic carbocycles. The van der Waals surface area contributed by atoms with Crippen LogP contribution in [0.3, 0.4) is 0 Å². The Kier molecular flexibility index (Phi) is 4.35. The van der Waals surface area contributed by atoms with Crippen LogP contribution in [0, 0.1) is 40.4 Å². The van der Waals surface area contributed by atoms with E-state index in [0.29, 0.717) is 5.92 Å². The molecule has 4 aliphatic rings. The van der Waals surface area contributed by atoms with Crippen LogP contribution in [0.1, 0.15) is 71.6 Å². The first-order valence-corrected chi connectivity index (χ1v) is 10.5. The smallest absolute Gasteiger partial charge is 0.123 e. The molecule has 1 N–H and O–H groups in total. The minimum absolute atomic E-state index is 0.240. The predicted molar refractivity (Wildman–Crippen MR) is 98.1 cm³/mol. The Morgan fingerprint density at radius 1 is 1.04 bits per heavy atom. The summed E-state index contributed by atoms with van der Waals surface area (Å²) >= 11 is 0. The van der Waals surface area contributed by atoms with Crippen molar-refractivity contribution in [2.24, 2.45) is 40.4 Å². The first-order valence-electron chi connectivity index (χ1n) is 10.5. The zero-order valence-corrected chi connectivity index (χ0v) is 16.3. The predicted octanol–water partition coefficient (Wildman–Crippen LogP) is 4.22. The molecule has 0 spiro atoms. The van der Waals surface area contributed by atoms with E-state index in [0.717, 1.165) is 50.0 Å². The zero-order valence-electron chi connectivity index (χ0n) is 16.3. The highest BCUT2D eigenvalue weighted by Crippen LogP contribution is 2.67. The lowest BCUT2D eigenvalue weighted by Gasteiger charge is -2.62. The van der Waals surface area contributed by atoms with Crippen molar-refractivity contribution in [2.45, 2.75) is 77.2 Å². The maximum atomic E-state index is 11.6. The van der Waals surface area contributed by atoms with Gasteiger partial charge in [0.2, 0.25) is 0 Å². The molecule has 0 heterocycles. The minimum atomic E-state index is -0.492. The summed E-state index contributed by atoms with van der Waals surface area (Å²) in [6.07, 6.45) is 11.6. The number of methoxy groups -OCH3 is 1. The van der Waals surface area contributed by atoms with Gasteiger partial charge in [0.15, 0.2) is 0 Å². The Labute approximate surface area is 152 Å². The molecule has 0 aromatic heterocycles. The lowest BCUT2D eigenvalue weighted by molar-refractivity contribution is -0.174. The summed E-state index contributed by atoms with van der Waals surface area (Å²) in [5.74, 6) is 3.09. The Bertz CT molecular complexity index is 529. The van der Waals surface area contributed by atoms with Gasteiger partial charge in [-0.1, -0.05) is 6.92 Å². The molecule has 0 aromatic rings. The fourth-order valence-electron chi connectivity index (χ4n) is 8.05. The molecule has 4 fully saturated rings. The van der Waals surface area contributed by atoms with E-state index >= 15 is 0 Å². The van der Waals surface area contributed by atoms with E-state index < -0.39 is 5.60 Å². The van der Waals surface area contributed by atoms with Gasteiger partial charge in [-0.25, -0.2) is 0 Å². The summed E-state index contributed by atoms with van der Waals surface area (Å²) < 4.78 is 5.80. The number of aldehydes is 1. The molecular weight excluding hydrogens is 312 g/mol. The van der Waals surface area contributed by atoms with E-state index in [1.165, 1.54) is 38.4 Å². The topological polar surface area (TPSA) is 46.5 Å². The third-order valence-corrected chi connectivity index (χ3v) is 9.30. The third kappa shape index (κ3) is 2.56. The molecule has 4 rings (SSSR count). The second kappa shape index (κ2) is 6.05. The highest BCUT2D eigenvalue weighted by molar-refractivity contribution is 5.56. The van der Waals surface area contributed by atoms with Crippen LogP contribution in [0.4, 0.5) is 0 Å². The first kappa shape index (κ1) is 18.0. The van der Waals surface area contributed by atoms with Gasteiger partial charge in [-0.3, -0.25) is 0 Å². The molecule has 8 atom stereocenters. The van der Waals surface area contributed by atoms with Crippen molar-refractivity contribution in [3.8, 4) is 0 Å². The van der Waals surface area contributed by atoms with Crippen molar-refractivity contribution in [1.82, 2.24) is 0 Å². The molecule has 0 unspecified atom stereocenters. The Hall–Kier alpha value is -0.410. The molecule has 142 valence electrons. The number of hydrogen-bond acceptors (Lipinski definition) is 3. The summed E-state index contributed by atoms with van der Waals surface area (Å²) in [4.78, 5) is 11.6. The van der Waals surface area contributed by atoms with Crippen LogP contribution < -0.4 is 0 Å². The first-order chi connectivity index (χ1) is 11.9. The van der Waals surface area contributed by atoms with E-state index in [1.54, 1.807) is 0 Å². The van der Waals surface area contributed by atoms with Crippen LogP contribution in [-0.4, -0.2) is 30.7 Å². The summed E-state index contributed by atoms with van der Waals surface area (Å²) in [5, 5.41) is 10.7. The fraction of sp³-hybridized carbons (Fsp3) is 0.955. The van der Waals surface area contributed by atoms with Crippen LogP contribution >= 0.6 is 0 Å². The van der Waals surface area contributed by atoms with Gasteiger partial charge in [0, 0.05) is 13.0 Å². The van der Waals surface area contributed by atoms with Crippen LogP contribution in [0.5, 0.6) is 0 Å². The number of carbonyl (C=O) groups is 1. The maximum Gasteiger partial charge on any atom is 0.123 e. The van der Waals surface area contributed by atoms with Gasteiger partial charge in [-0.05, 0) is 99.2 Å². The molecule has 0 bridgehead atoms. The second-order valence-electron chi connectivity index (χ2n) is 10.4. The third-order valence-electron chi connectivity index (χ3n) is 9.30. The van der Waals surface area contributed by atoms with Crippen LogP contribution in [0.15, 0.2) is 0 Å². The molecule has 0 aliphatic heterocycles. The molecule has 0 saturated heterocycles. The Balaban J connectivity index is 1.65. The average molecular weight is 349 g/mol. The van der Waals surface area contributed by atoms with Crippen LogP contribution in [-0.2, 0) is 9.53 Å². The molecule has 4 saturated carbocycles. The van der Waals surface area contributed by atoms with Crippen LogP contribution in [0.2, 0.25) is 0 Å². The lowest BCUT2D eigenvalue weighted by Crippen LogP contribution is -2.58. The fourth-order valence-corrected chi connectivity index (χ4v) is 8.05. The maximum absolute atomic E-state index is 11.6. The zero-order chi connectivity index (χ0) is 17.9. The van der Waals surface area contributed by atoms with E-state index in [-0.39, 0.29) is 16.7 Å². The number of ether oxygens (including phenoxy) is 1. The normalized spacial score (nSPS) is 55.1. The average Bonchev–Trinajstić information content (AvgIpc) is 2.91. The van der Waals surface area contributed by atoms with Gasteiger partial charge in [0.1, 0.15) is 6.29 Å². The molecular formula is C22H36O3. The summed E-state index contributed by atoms with van der Waals surface area (Å²) in [5.41, 5.74) is 0.0125. The van der Waals surface area contributed by atoms with Gasteiger partial charge in [-0.15, -0.1) is 0 Å². The SMILES string of the molecule is COC[C@]12CC[C@@](C)(O)C[C@@H]1CC[C@H]1[C@@H]3CC[C@H](C=O)[C@@]3(C)CC[C@@H]12. The monoisotopic (exact) mass is 348 g/mol. The second-order valence-corrected chi connectivity index (χ2v) is 10.4. The van der Waals surface area contributed by atoms with Crippen molar-refractivity contribution < 1.29 is 14.6 Å². The minimum Gasteiger partial charge on any atom is -0.390 e. The Morgan fingerprint density at radius 3 is 2.56 bits per heavy atom. The van der Waals surface area contributed by atoms with E-state index in [2.05, 4.69) is 6.92 Å². The molecule has 3 heteroatoms. The Morgan fingerprint density at radius 2 is 1.84 bits per heavy atom. The lowest BCUT2D eigenvalue weighted by atomic mass is 9.43. The van der Waals surface area contributed by atoms with E-state index in [9.17, 15) is 9.90 Å². The van der Waals surface area contributed by atoms with Crippen molar-refractivity contribution in [2.75, 3.05) is 13.7 Å². The number of carbonyl (C=O) groups excluding carboxylic acids is 1. The van der Waals surface area contributed by atoms with Crippen molar-refractivity contribution in [3.05, 3.63) is 0 Å². The summed E-state index contributed by atoms with van der Waals surface area (Å²) in [6, 6.07) is 0. The quantitative estimate of drug-likeness (QED) is 0.777. The number of rotatable bonds is 3. The van der Waals surface area contributed by atoms with Gasteiger partial charge < -0.3 is 14.6 Å². The van der Waals surface area contributed by atoms with Gasteiger partial charge >= 0.3 is 0 Å².